The van der Waals surface area contributed by atoms with E-state index in [1.165, 1.54) is 6.92 Å². The average Bonchev–Trinajstić information content (AvgIpc) is 2.57. The van der Waals surface area contributed by atoms with E-state index in [2.05, 4.69) is 10.6 Å². The lowest BCUT2D eigenvalue weighted by Crippen LogP contribution is -2.32. The molecule has 0 rings (SSSR count). The van der Waals surface area contributed by atoms with Crippen molar-refractivity contribution in [1.29, 1.82) is 0 Å². The maximum atomic E-state index is 11.0. The molecule has 0 saturated carbocycles. The summed E-state index contributed by atoms with van der Waals surface area (Å²) in [5.41, 5.74) is 5.15. The first-order chi connectivity index (χ1) is 12.2. The van der Waals surface area contributed by atoms with Crippen molar-refractivity contribution in [3.8, 4) is 0 Å². The third-order valence-corrected chi connectivity index (χ3v) is 2.64. The first-order valence-corrected chi connectivity index (χ1v) is 8.26. The Morgan fingerprint density at radius 3 is 1.60 bits per heavy atom. The molecular weight excluding hydrogens is 334 g/mol. The van der Waals surface area contributed by atoms with E-state index < -0.39 is 0 Å². The van der Waals surface area contributed by atoms with Gasteiger partial charge >= 0.3 is 0 Å². The number of nitrogens with two attached hydrogens (primary N) is 1. The minimum absolute atomic E-state index is 0.0225. The van der Waals surface area contributed by atoms with Gasteiger partial charge in [0.05, 0.1) is 66.1 Å². The number of nitrogens with one attached hydrogen (secondary N) is 2. The number of hydrogen-bond acceptors (Lipinski definition) is 8. The standard InChI is InChI=1S/C15H31N3O7/c1-14(19)17-2-3-21-4-5-22-6-7-23-8-9-24-10-11-25-12-15(20)18-13-16/h2-13,16H2,1H3,(H,17,19)(H,18,20). The van der Waals surface area contributed by atoms with Crippen molar-refractivity contribution >= 4 is 11.8 Å². The van der Waals surface area contributed by atoms with Gasteiger partial charge in [0.25, 0.3) is 0 Å². The molecule has 0 saturated heterocycles. The first kappa shape index (κ1) is 23.7. The Morgan fingerprint density at radius 1 is 0.720 bits per heavy atom. The van der Waals surface area contributed by atoms with Gasteiger partial charge in [-0.2, -0.15) is 0 Å². The van der Waals surface area contributed by atoms with Crippen molar-refractivity contribution in [2.45, 2.75) is 6.92 Å². The molecule has 4 N–H and O–H groups in total. The van der Waals surface area contributed by atoms with E-state index in [1.54, 1.807) is 0 Å². The summed E-state index contributed by atoms with van der Waals surface area (Å²) in [6.07, 6.45) is 0. The van der Waals surface area contributed by atoms with Crippen LogP contribution in [0, 0.1) is 0 Å². The smallest absolute Gasteiger partial charge is 0.246 e. The van der Waals surface area contributed by atoms with Crippen LogP contribution in [0.4, 0.5) is 0 Å². The molecule has 0 aliphatic carbocycles. The van der Waals surface area contributed by atoms with Crippen molar-refractivity contribution in [1.82, 2.24) is 10.6 Å². The Kier molecular flexibility index (Phi) is 18.0. The Bertz CT molecular complexity index is 332. The molecule has 25 heavy (non-hydrogen) atoms. The quantitative estimate of drug-likeness (QED) is 0.192. The minimum atomic E-state index is -0.246. The van der Waals surface area contributed by atoms with Gasteiger partial charge in [-0.05, 0) is 0 Å². The molecule has 0 aromatic heterocycles. The van der Waals surface area contributed by atoms with Gasteiger partial charge in [-0.1, -0.05) is 0 Å². The van der Waals surface area contributed by atoms with E-state index >= 15 is 0 Å². The lowest BCUT2D eigenvalue weighted by molar-refractivity contribution is -0.126. The van der Waals surface area contributed by atoms with Crippen molar-refractivity contribution in [2.24, 2.45) is 5.73 Å². The van der Waals surface area contributed by atoms with Crippen molar-refractivity contribution < 1.29 is 33.3 Å². The van der Waals surface area contributed by atoms with Crippen molar-refractivity contribution in [3.05, 3.63) is 0 Å². The number of carbonyl (C=O) groups excluding carboxylic acids is 2. The van der Waals surface area contributed by atoms with Gasteiger partial charge in [0.1, 0.15) is 6.61 Å². The highest BCUT2D eigenvalue weighted by atomic mass is 16.6. The predicted molar refractivity (Wildman–Crippen MR) is 90.0 cm³/mol. The molecule has 0 aromatic carbocycles. The topological polar surface area (TPSA) is 130 Å². The Labute approximate surface area is 148 Å². The predicted octanol–water partition coefficient (Wildman–Crippen LogP) is -1.76. The van der Waals surface area contributed by atoms with Gasteiger partial charge in [0.15, 0.2) is 0 Å². The summed E-state index contributed by atoms with van der Waals surface area (Å²) >= 11 is 0. The molecule has 10 nitrogen and oxygen atoms in total. The number of rotatable bonds is 18. The molecule has 0 aliphatic rings. The zero-order chi connectivity index (χ0) is 18.6. The van der Waals surface area contributed by atoms with Gasteiger partial charge in [0.2, 0.25) is 11.8 Å². The summed E-state index contributed by atoms with van der Waals surface area (Å²) in [5.74, 6) is -0.313. The molecule has 0 spiro atoms. The van der Waals surface area contributed by atoms with E-state index in [0.717, 1.165) is 0 Å². The number of ether oxygens (including phenoxy) is 5. The molecule has 0 unspecified atom stereocenters. The second kappa shape index (κ2) is 19.0. The second-order valence-corrected chi connectivity index (χ2v) is 4.79. The van der Waals surface area contributed by atoms with Gasteiger partial charge in [-0.3, -0.25) is 9.59 Å². The highest BCUT2D eigenvalue weighted by Crippen LogP contribution is 1.84. The first-order valence-electron chi connectivity index (χ1n) is 8.26. The van der Waals surface area contributed by atoms with Gasteiger partial charge < -0.3 is 40.1 Å². The van der Waals surface area contributed by atoms with Crippen LogP contribution < -0.4 is 16.4 Å². The molecule has 0 fully saturated rings. The van der Waals surface area contributed by atoms with E-state index in [-0.39, 0.29) is 25.1 Å². The van der Waals surface area contributed by atoms with Gasteiger partial charge in [0, 0.05) is 13.5 Å². The van der Waals surface area contributed by atoms with Gasteiger partial charge in [-0.25, -0.2) is 0 Å². The van der Waals surface area contributed by atoms with E-state index in [0.29, 0.717) is 66.0 Å². The SMILES string of the molecule is CC(=O)NCCOCCOCCOCCOCCOCC(=O)NCN. The maximum absolute atomic E-state index is 11.0. The minimum Gasteiger partial charge on any atom is -0.377 e. The molecule has 0 heterocycles. The third kappa shape index (κ3) is 20.7. The monoisotopic (exact) mass is 365 g/mol. The van der Waals surface area contributed by atoms with Crippen LogP contribution in [0.25, 0.3) is 0 Å². The largest absolute Gasteiger partial charge is 0.377 e. The molecule has 0 atom stereocenters. The Hall–Kier alpha value is -1.30. The van der Waals surface area contributed by atoms with Crippen LogP contribution in [0.5, 0.6) is 0 Å². The van der Waals surface area contributed by atoms with Crippen LogP contribution in [-0.2, 0) is 33.3 Å². The molecule has 0 radical (unpaired) electrons. The number of hydrogen-bond donors (Lipinski definition) is 3. The van der Waals surface area contributed by atoms with E-state index in [1.807, 2.05) is 0 Å². The Balaban J connectivity index is 3.05. The summed E-state index contributed by atoms with van der Waals surface area (Å²) in [6.45, 7) is 6.08. The molecule has 2 amide bonds. The zero-order valence-electron chi connectivity index (χ0n) is 14.9. The molecular formula is C15H31N3O7. The molecule has 148 valence electrons. The highest BCUT2D eigenvalue weighted by Gasteiger charge is 1.98. The lowest BCUT2D eigenvalue weighted by atomic mass is 10.6. The fourth-order valence-corrected chi connectivity index (χ4v) is 1.51. The number of carbonyl (C=O) groups is 2. The number of amides is 2. The van der Waals surface area contributed by atoms with Crippen molar-refractivity contribution in [2.75, 3.05) is 79.3 Å². The summed E-state index contributed by atoms with van der Waals surface area (Å²) in [5, 5.41) is 5.06. The maximum Gasteiger partial charge on any atom is 0.246 e. The van der Waals surface area contributed by atoms with Crippen LogP contribution in [-0.4, -0.2) is 91.1 Å². The Morgan fingerprint density at radius 2 is 1.16 bits per heavy atom. The molecule has 0 aliphatic heterocycles. The normalized spacial score (nSPS) is 10.6. The van der Waals surface area contributed by atoms with Crippen LogP contribution in [0.3, 0.4) is 0 Å². The molecule has 0 bridgehead atoms. The van der Waals surface area contributed by atoms with Crippen molar-refractivity contribution in [3.63, 3.8) is 0 Å². The van der Waals surface area contributed by atoms with E-state index in [9.17, 15) is 9.59 Å². The summed E-state index contributed by atoms with van der Waals surface area (Å²) < 4.78 is 26.3. The second-order valence-electron chi connectivity index (χ2n) is 4.79. The molecule has 0 aromatic rings. The van der Waals surface area contributed by atoms with Gasteiger partial charge in [-0.15, -0.1) is 0 Å². The fourth-order valence-electron chi connectivity index (χ4n) is 1.51. The summed E-state index contributed by atoms with van der Waals surface area (Å²) in [4.78, 5) is 21.6. The van der Waals surface area contributed by atoms with Crippen LogP contribution in [0.15, 0.2) is 0 Å². The third-order valence-electron chi connectivity index (χ3n) is 2.64. The zero-order valence-corrected chi connectivity index (χ0v) is 14.9. The van der Waals surface area contributed by atoms with Crippen LogP contribution in [0.2, 0.25) is 0 Å². The summed E-state index contributed by atoms with van der Waals surface area (Å²) in [7, 11) is 0. The molecule has 10 heteroatoms. The average molecular weight is 365 g/mol. The van der Waals surface area contributed by atoms with Crippen LogP contribution >= 0.6 is 0 Å². The lowest BCUT2D eigenvalue weighted by Gasteiger charge is -2.08. The fraction of sp³-hybridized carbons (Fsp3) is 0.867. The van der Waals surface area contributed by atoms with E-state index in [4.69, 9.17) is 29.4 Å². The highest BCUT2D eigenvalue weighted by molar-refractivity contribution is 5.77. The van der Waals surface area contributed by atoms with Crippen LogP contribution in [0.1, 0.15) is 6.92 Å². The summed E-state index contributed by atoms with van der Waals surface area (Å²) in [6, 6.07) is 0.